The molecule has 3 heteroatoms. The lowest BCUT2D eigenvalue weighted by Gasteiger charge is -2.25. The van der Waals surface area contributed by atoms with Gasteiger partial charge in [0.05, 0.1) is 6.10 Å². The molecule has 2 N–H and O–H groups in total. The van der Waals surface area contributed by atoms with Crippen molar-refractivity contribution in [2.75, 3.05) is 12.3 Å². The van der Waals surface area contributed by atoms with Crippen molar-refractivity contribution in [2.45, 2.75) is 38.6 Å². The highest BCUT2D eigenvalue weighted by atomic mass is 16.5. The SMILES string of the molecule is CC1OCCC1N1Cc2ccc(N)cc2C1. The number of benzene rings is 1. The first-order chi connectivity index (χ1) is 7.74. The Balaban J connectivity index is 1.80. The molecule has 0 radical (unpaired) electrons. The maximum Gasteiger partial charge on any atom is 0.0703 e. The van der Waals surface area contributed by atoms with Crippen LogP contribution in [0.3, 0.4) is 0 Å². The van der Waals surface area contributed by atoms with Crippen LogP contribution in [0.25, 0.3) is 0 Å². The first-order valence-corrected chi connectivity index (χ1v) is 5.97. The summed E-state index contributed by atoms with van der Waals surface area (Å²) < 4.78 is 5.63. The van der Waals surface area contributed by atoms with Crippen LogP contribution in [-0.2, 0) is 17.8 Å². The van der Waals surface area contributed by atoms with E-state index in [2.05, 4.69) is 24.0 Å². The maximum absolute atomic E-state index is 5.81. The third-order valence-corrected chi connectivity index (χ3v) is 3.78. The molecule has 3 nitrogen and oxygen atoms in total. The summed E-state index contributed by atoms with van der Waals surface area (Å²) in [7, 11) is 0. The maximum atomic E-state index is 5.81. The van der Waals surface area contributed by atoms with Crippen LogP contribution in [0.1, 0.15) is 24.5 Å². The largest absolute Gasteiger partial charge is 0.399 e. The fourth-order valence-corrected chi connectivity index (χ4v) is 2.88. The Morgan fingerprint density at radius 2 is 2.12 bits per heavy atom. The fraction of sp³-hybridized carbons (Fsp3) is 0.538. The van der Waals surface area contributed by atoms with E-state index in [9.17, 15) is 0 Å². The van der Waals surface area contributed by atoms with E-state index in [1.54, 1.807) is 0 Å². The van der Waals surface area contributed by atoms with Gasteiger partial charge in [-0.2, -0.15) is 0 Å². The minimum Gasteiger partial charge on any atom is -0.399 e. The molecule has 3 rings (SSSR count). The smallest absolute Gasteiger partial charge is 0.0703 e. The number of nitrogen functional groups attached to an aromatic ring is 1. The molecule has 0 bridgehead atoms. The highest BCUT2D eigenvalue weighted by Gasteiger charge is 2.33. The molecule has 1 saturated heterocycles. The molecule has 0 aromatic heterocycles. The molecule has 0 spiro atoms. The van der Waals surface area contributed by atoms with Gasteiger partial charge in [-0.1, -0.05) is 6.07 Å². The van der Waals surface area contributed by atoms with Crippen LogP contribution in [-0.4, -0.2) is 23.7 Å². The van der Waals surface area contributed by atoms with E-state index in [4.69, 9.17) is 10.5 Å². The summed E-state index contributed by atoms with van der Waals surface area (Å²) in [5.41, 5.74) is 9.50. The predicted molar refractivity (Wildman–Crippen MR) is 63.9 cm³/mol. The molecule has 1 aromatic carbocycles. The van der Waals surface area contributed by atoms with Gasteiger partial charge in [0.25, 0.3) is 0 Å². The molecule has 2 heterocycles. The molecule has 0 aliphatic carbocycles. The first-order valence-electron chi connectivity index (χ1n) is 5.97. The quantitative estimate of drug-likeness (QED) is 0.730. The molecular formula is C13H18N2O. The summed E-state index contributed by atoms with van der Waals surface area (Å²) >= 11 is 0. The molecule has 2 aliphatic heterocycles. The monoisotopic (exact) mass is 218 g/mol. The van der Waals surface area contributed by atoms with Gasteiger partial charge in [0.1, 0.15) is 0 Å². The van der Waals surface area contributed by atoms with Crippen molar-refractivity contribution in [1.29, 1.82) is 0 Å². The molecule has 0 saturated carbocycles. The van der Waals surface area contributed by atoms with Crippen molar-refractivity contribution in [1.82, 2.24) is 4.90 Å². The average molecular weight is 218 g/mol. The minimum absolute atomic E-state index is 0.367. The standard InChI is InChI=1S/C13H18N2O/c1-9-13(4-5-16-9)15-7-10-2-3-12(14)6-11(10)8-15/h2-3,6,9,13H,4-5,7-8,14H2,1H3. The third-order valence-electron chi connectivity index (χ3n) is 3.78. The molecule has 2 aliphatic rings. The zero-order valence-corrected chi connectivity index (χ0v) is 9.65. The van der Waals surface area contributed by atoms with Gasteiger partial charge in [-0.15, -0.1) is 0 Å². The van der Waals surface area contributed by atoms with E-state index >= 15 is 0 Å². The van der Waals surface area contributed by atoms with Crippen LogP contribution >= 0.6 is 0 Å². The van der Waals surface area contributed by atoms with Crippen LogP contribution < -0.4 is 5.73 Å². The van der Waals surface area contributed by atoms with Crippen molar-refractivity contribution in [3.05, 3.63) is 29.3 Å². The Bertz CT molecular complexity index is 405. The van der Waals surface area contributed by atoms with Crippen molar-refractivity contribution in [3.63, 3.8) is 0 Å². The van der Waals surface area contributed by atoms with Crippen molar-refractivity contribution in [2.24, 2.45) is 0 Å². The summed E-state index contributed by atoms with van der Waals surface area (Å²) in [4.78, 5) is 2.52. The lowest BCUT2D eigenvalue weighted by Crippen LogP contribution is -2.35. The lowest BCUT2D eigenvalue weighted by atomic mass is 10.1. The Morgan fingerprint density at radius 1 is 1.31 bits per heavy atom. The minimum atomic E-state index is 0.367. The van der Waals surface area contributed by atoms with Crippen LogP contribution in [0, 0.1) is 0 Å². The number of ether oxygens (including phenoxy) is 1. The summed E-state index contributed by atoms with van der Waals surface area (Å²) in [6, 6.07) is 6.84. The van der Waals surface area contributed by atoms with Crippen molar-refractivity contribution < 1.29 is 4.74 Å². The van der Waals surface area contributed by atoms with E-state index in [1.165, 1.54) is 11.1 Å². The zero-order valence-electron chi connectivity index (χ0n) is 9.65. The van der Waals surface area contributed by atoms with E-state index in [0.717, 1.165) is 31.8 Å². The first kappa shape index (κ1) is 10.1. The topological polar surface area (TPSA) is 38.5 Å². The number of hydrogen-bond donors (Lipinski definition) is 1. The Kier molecular flexibility index (Phi) is 2.37. The molecule has 16 heavy (non-hydrogen) atoms. The molecule has 2 atom stereocenters. The van der Waals surface area contributed by atoms with Crippen LogP contribution in [0.4, 0.5) is 5.69 Å². The number of hydrogen-bond acceptors (Lipinski definition) is 3. The van der Waals surface area contributed by atoms with E-state index < -0.39 is 0 Å². The Morgan fingerprint density at radius 3 is 2.88 bits per heavy atom. The zero-order chi connectivity index (χ0) is 11.1. The average Bonchev–Trinajstić information content (AvgIpc) is 2.82. The Labute approximate surface area is 96.2 Å². The van der Waals surface area contributed by atoms with Crippen LogP contribution in [0.5, 0.6) is 0 Å². The highest BCUT2D eigenvalue weighted by molar-refractivity contribution is 5.46. The molecule has 0 amide bonds. The highest BCUT2D eigenvalue weighted by Crippen LogP contribution is 2.30. The lowest BCUT2D eigenvalue weighted by molar-refractivity contribution is 0.0728. The van der Waals surface area contributed by atoms with Crippen LogP contribution in [0.2, 0.25) is 0 Å². The van der Waals surface area contributed by atoms with E-state index in [1.807, 2.05) is 6.07 Å². The van der Waals surface area contributed by atoms with Gasteiger partial charge in [0, 0.05) is 31.4 Å². The van der Waals surface area contributed by atoms with Gasteiger partial charge in [-0.3, -0.25) is 4.90 Å². The number of nitrogens with zero attached hydrogens (tertiary/aromatic N) is 1. The summed E-state index contributed by atoms with van der Waals surface area (Å²) in [5.74, 6) is 0. The van der Waals surface area contributed by atoms with Gasteiger partial charge in [-0.25, -0.2) is 0 Å². The molecule has 86 valence electrons. The van der Waals surface area contributed by atoms with E-state index in [0.29, 0.717) is 12.1 Å². The van der Waals surface area contributed by atoms with Gasteiger partial charge in [0.15, 0.2) is 0 Å². The molecular weight excluding hydrogens is 200 g/mol. The second-order valence-corrected chi connectivity index (χ2v) is 4.87. The van der Waals surface area contributed by atoms with Gasteiger partial charge >= 0.3 is 0 Å². The second kappa shape index (κ2) is 3.75. The molecule has 1 aromatic rings. The van der Waals surface area contributed by atoms with E-state index in [-0.39, 0.29) is 0 Å². The van der Waals surface area contributed by atoms with Gasteiger partial charge in [0.2, 0.25) is 0 Å². The molecule has 2 unspecified atom stereocenters. The number of anilines is 1. The van der Waals surface area contributed by atoms with Crippen molar-refractivity contribution >= 4 is 5.69 Å². The summed E-state index contributed by atoms with van der Waals surface area (Å²) in [5, 5.41) is 0. The second-order valence-electron chi connectivity index (χ2n) is 4.87. The van der Waals surface area contributed by atoms with Gasteiger partial charge < -0.3 is 10.5 Å². The normalized spacial score (nSPS) is 29.6. The third kappa shape index (κ3) is 1.60. The summed E-state index contributed by atoms with van der Waals surface area (Å²) in [6.07, 6.45) is 1.52. The molecule has 1 fully saturated rings. The van der Waals surface area contributed by atoms with Crippen LogP contribution in [0.15, 0.2) is 18.2 Å². The Hall–Kier alpha value is -1.06. The number of rotatable bonds is 1. The van der Waals surface area contributed by atoms with Crippen molar-refractivity contribution in [3.8, 4) is 0 Å². The van der Waals surface area contributed by atoms with Gasteiger partial charge in [-0.05, 0) is 36.6 Å². The number of nitrogens with two attached hydrogens (primary N) is 1. The number of fused-ring (bicyclic) bond motifs is 1. The predicted octanol–water partition coefficient (Wildman–Crippen LogP) is 1.76. The summed E-state index contributed by atoms with van der Waals surface area (Å²) in [6.45, 7) is 5.16. The fourth-order valence-electron chi connectivity index (χ4n) is 2.88.